The number of fused-ring (bicyclic) bond motifs is 3. The lowest BCUT2D eigenvalue weighted by Crippen LogP contribution is -2.67. The molecule has 0 aliphatic carbocycles. The van der Waals surface area contributed by atoms with Gasteiger partial charge < -0.3 is 15.0 Å². The molecule has 8 heteroatoms. The molecule has 2 aliphatic heterocycles. The van der Waals surface area contributed by atoms with Crippen molar-refractivity contribution in [1.29, 1.82) is 0 Å². The number of benzene rings is 1. The molecule has 3 amide bonds. The predicted octanol–water partition coefficient (Wildman–Crippen LogP) is 0.665. The minimum absolute atomic E-state index is 0.114. The van der Waals surface area contributed by atoms with Crippen LogP contribution in [-0.4, -0.2) is 54.5 Å². The van der Waals surface area contributed by atoms with E-state index in [-0.39, 0.29) is 24.7 Å². The molecule has 1 fully saturated rings. The van der Waals surface area contributed by atoms with Crippen LogP contribution in [0.2, 0.25) is 0 Å². The van der Waals surface area contributed by atoms with Crippen LogP contribution in [0.4, 0.5) is 5.69 Å². The molecule has 0 saturated carbocycles. The summed E-state index contributed by atoms with van der Waals surface area (Å²) in [5.41, 5.74) is -0.798. The lowest BCUT2D eigenvalue weighted by atomic mass is 9.97. The second kappa shape index (κ2) is 6.78. The standard InChI is InChI=1S/C18H21N3O5/c1-3-10-19-14(22)11-26-17(25)18-9-8-15(23)21(18)13-7-5-4-6-12(13)16(24)20(18)2/h4-7H,3,8-11H2,1-2H3,(H,19,22)/t18-/m0/s1. The van der Waals surface area contributed by atoms with Gasteiger partial charge in [0, 0.05) is 26.4 Å². The average molecular weight is 359 g/mol. The van der Waals surface area contributed by atoms with E-state index in [1.165, 1.54) is 16.8 Å². The van der Waals surface area contributed by atoms with E-state index in [1.54, 1.807) is 24.3 Å². The summed E-state index contributed by atoms with van der Waals surface area (Å²) >= 11 is 0. The highest BCUT2D eigenvalue weighted by atomic mass is 16.5. The Morgan fingerprint density at radius 1 is 1.27 bits per heavy atom. The zero-order valence-corrected chi connectivity index (χ0v) is 14.8. The van der Waals surface area contributed by atoms with Crippen LogP contribution in [0.1, 0.15) is 36.5 Å². The van der Waals surface area contributed by atoms with Gasteiger partial charge in [0.15, 0.2) is 6.61 Å². The van der Waals surface area contributed by atoms with Crippen molar-refractivity contribution in [3.8, 4) is 0 Å². The SMILES string of the molecule is CCCNC(=O)COC(=O)[C@]12CCC(=O)N1c1ccccc1C(=O)N2C. The monoisotopic (exact) mass is 359 g/mol. The van der Waals surface area contributed by atoms with Crippen LogP contribution in [0.5, 0.6) is 0 Å². The molecule has 138 valence electrons. The Labute approximate surface area is 151 Å². The first-order valence-corrected chi connectivity index (χ1v) is 8.57. The van der Waals surface area contributed by atoms with Crippen molar-refractivity contribution in [3.05, 3.63) is 29.8 Å². The molecular weight excluding hydrogens is 338 g/mol. The number of para-hydroxylation sites is 1. The van der Waals surface area contributed by atoms with Gasteiger partial charge in [-0.05, 0) is 18.6 Å². The Bertz CT molecular complexity index is 778. The largest absolute Gasteiger partial charge is 0.452 e. The zero-order valence-electron chi connectivity index (χ0n) is 14.8. The van der Waals surface area contributed by atoms with Crippen molar-refractivity contribution in [3.63, 3.8) is 0 Å². The van der Waals surface area contributed by atoms with Crippen LogP contribution in [0.25, 0.3) is 0 Å². The van der Waals surface area contributed by atoms with Crippen LogP contribution < -0.4 is 10.2 Å². The summed E-state index contributed by atoms with van der Waals surface area (Å²) in [6, 6.07) is 6.67. The second-order valence-corrected chi connectivity index (χ2v) is 6.35. The Hall–Kier alpha value is -2.90. The van der Waals surface area contributed by atoms with Gasteiger partial charge in [0.25, 0.3) is 11.8 Å². The summed E-state index contributed by atoms with van der Waals surface area (Å²) in [4.78, 5) is 52.5. The van der Waals surface area contributed by atoms with Crippen molar-refractivity contribution in [2.24, 2.45) is 0 Å². The van der Waals surface area contributed by atoms with E-state index in [0.717, 1.165) is 6.42 Å². The minimum atomic E-state index is -1.55. The first-order valence-electron chi connectivity index (χ1n) is 8.57. The Balaban J connectivity index is 1.91. The average Bonchev–Trinajstić information content (AvgIpc) is 3.01. The molecule has 1 N–H and O–H groups in total. The number of esters is 1. The van der Waals surface area contributed by atoms with E-state index in [4.69, 9.17) is 4.74 Å². The third-order valence-electron chi connectivity index (χ3n) is 4.78. The van der Waals surface area contributed by atoms with Crippen molar-refractivity contribution in [2.45, 2.75) is 31.8 Å². The molecule has 0 radical (unpaired) electrons. The molecule has 8 nitrogen and oxygen atoms in total. The van der Waals surface area contributed by atoms with Gasteiger partial charge in [-0.15, -0.1) is 0 Å². The molecule has 2 aliphatic rings. The molecule has 0 unspecified atom stereocenters. The third kappa shape index (κ3) is 2.61. The lowest BCUT2D eigenvalue weighted by molar-refractivity contribution is -0.159. The number of nitrogens with one attached hydrogen (secondary N) is 1. The van der Waals surface area contributed by atoms with Gasteiger partial charge in [-0.25, -0.2) is 4.79 Å². The first kappa shape index (κ1) is 17.9. The van der Waals surface area contributed by atoms with Gasteiger partial charge in [-0.3, -0.25) is 19.3 Å². The summed E-state index contributed by atoms with van der Waals surface area (Å²) in [7, 11) is 1.47. The van der Waals surface area contributed by atoms with Gasteiger partial charge in [0.1, 0.15) is 0 Å². The summed E-state index contributed by atoms with van der Waals surface area (Å²) in [5, 5.41) is 2.62. The van der Waals surface area contributed by atoms with Crippen molar-refractivity contribution in [2.75, 3.05) is 25.1 Å². The molecule has 0 spiro atoms. The maximum atomic E-state index is 12.9. The second-order valence-electron chi connectivity index (χ2n) is 6.35. The van der Waals surface area contributed by atoms with E-state index < -0.39 is 24.1 Å². The van der Waals surface area contributed by atoms with Crippen LogP contribution in [0.15, 0.2) is 24.3 Å². The number of likely N-dealkylation sites (N-methyl/N-ethyl adjacent to an activating group) is 1. The normalized spacial score (nSPS) is 21.3. The molecular formula is C18H21N3O5. The van der Waals surface area contributed by atoms with Gasteiger partial charge in [-0.1, -0.05) is 19.1 Å². The van der Waals surface area contributed by atoms with Crippen molar-refractivity contribution < 1.29 is 23.9 Å². The fraction of sp³-hybridized carbons (Fsp3) is 0.444. The maximum Gasteiger partial charge on any atom is 0.354 e. The van der Waals surface area contributed by atoms with Gasteiger partial charge in [-0.2, -0.15) is 0 Å². The number of nitrogens with zero attached hydrogens (tertiary/aromatic N) is 2. The summed E-state index contributed by atoms with van der Waals surface area (Å²) in [6.07, 6.45) is 1.00. The molecule has 1 atom stereocenters. The fourth-order valence-corrected chi connectivity index (χ4v) is 3.45. The molecule has 26 heavy (non-hydrogen) atoms. The quantitative estimate of drug-likeness (QED) is 0.780. The number of carbonyl (C=O) groups excluding carboxylic acids is 4. The number of carbonyl (C=O) groups is 4. The minimum Gasteiger partial charge on any atom is -0.452 e. The molecule has 0 bridgehead atoms. The zero-order chi connectivity index (χ0) is 18.9. The molecule has 1 aromatic carbocycles. The van der Waals surface area contributed by atoms with Crippen LogP contribution in [-0.2, 0) is 19.1 Å². The number of rotatable bonds is 5. The van der Waals surface area contributed by atoms with E-state index >= 15 is 0 Å². The predicted molar refractivity (Wildman–Crippen MR) is 92.2 cm³/mol. The molecule has 2 heterocycles. The van der Waals surface area contributed by atoms with E-state index in [1.807, 2.05) is 6.92 Å². The molecule has 1 saturated heterocycles. The first-order chi connectivity index (χ1) is 12.4. The van der Waals surface area contributed by atoms with Crippen LogP contribution in [0, 0.1) is 0 Å². The molecule has 0 aromatic heterocycles. The lowest BCUT2D eigenvalue weighted by Gasteiger charge is -2.46. The number of hydrogen-bond acceptors (Lipinski definition) is 5. The highest BCUT2D eigenvalue weighted by Crippen LogP contribution is 2.44. The molecule has 1 aromatic rings. The number of hydrogen-bond donors (Lipinski definition) is 1. The van der Waals surface area contributed by atoms with Crippen LogP contribution >= 0.6 is 0 Å². The molecule has 3 rings (SSSR count). The highest BCUT2D eigenvalue weighted by molar-refractivity contribution is 6.15. The van der Waals surface area contributed by atoms with Crippen molar-refractivity contribution in [1.82, 2.24) is 10.2 Å². The third-order valence-corrected chi connectivity index (χ3v) is 4.78. The number of amides is 3. The van der Waals surface area contributed by atoms with Gasteiger partial charge >= 0.3 is 5.97 Å². The Morgan fingerprint density at radius 3 is 2.73 bits per heavy atom. The van der Waals surface area contributed by atoms with Gasteiger partial charge in [0.2, 0.25) is 11.6 Å². The van der Waals surface area contributed by atoms with Crippen LogP contribution in [0.3, 0.4) is 0 Å². The van der Waals surface area contributed by atoms with Gasteiger partial charge in [0.05, 0.1) is 11.3 Å². The summed E-state index contributed by atoms with van der Waals surface area (Å²) in [6.45, 7) is 1.94. The van der Waals surface area contributed by atoms with Crippen molar-refractivity contribution >= 4 is 29.4 Å². The number of anilines is 1. The summed E-state index contributed by atoms with van der Waals surface area (Å²) in [5.74, 6) is -1.82. The topological polar surface area (TPSA) is 96.0 Å². The van der Waals surface area contributed by atoms with E-state index in [9.17, 15) is 19.2 Å². The number of ether oxygens (including phenoxy) is 1. The fourth-order valence-electron chi connectivity index (χ4n) is 3.45. The van der Waals surface area contributed by atoms with E-state index in [0.29, 0.717) is 17.8 Å². The maximum absolute atomic E-state index is 12.9. The van der Waals surface area contributed by atoms with E-state index in [2.05, 4.69) is 5.32 Å². The smallest absolute Gasteiger partial charge is 0.354 e. The Kier molecular flexibility index (Phi) is 4.67. The Morgan fingerprint density at radius 2 is 2.00 bits per heavy atom. The summed E-state index contributed by atoms with van der Waals surface area (Å²) < 4.78 is 5.19. The highest BCUT2D eigenvalue weighted by Gasteiger charge is 2.60.